The Morgan fingerprint density at radius 3 is 2.48 bits per heavy atom. The standard InChI is InChI=1S/C22H26N2O/c1-16-8-10-21(11-9-16)24-13-12-17-4-2-5-18(14-17)19-6-3-7-20(15-19)22(23)25/h2-7,14-15,21,24H,1,8-13H2,(H2,23,25). The lowest BCUT2D eigenvalue weighted by Gasteiger charge is -2.24. The molecule has 1 fully saturated rings. The quantitative estimate of drug-likeness (QED) is 0.782. The molecule has 1 aliphatic rings. The third kappa shape index (κ3) is 4.80. The zero-order chi connectivity index (χ0) is 17.6. The fourth-order valence-electron chi connectivity index (χ4n) is 3.41. The molecule has 3 nitrogen and oxygen atoms in total. The summed E-state index contributed by atoms with van der Waals surface area (Å²) in [6.07, 6.45) is 5.73. The summed E-state index contributed by atoms with van der Waals surface area (Å²) in [5, 5.41) is 3.67. The average molecular weight is 334 g/mol. The van der Waals surface area contributed by atoms with Gasteiger partial charge in [-0.25, -0.2) is 0 Å². The molecule has 2 aromatic rings. The van der Waals surface area contributed by atoms with E-state index >= 15 is 0 Å². The fraction of sp³-hybridized carbons (Fsp3) is 0.318. The predicted octanol–water partition coefficient (Wildman–Crippen LogP) is 4.08. The Morgan fingerprint density at radius 1 is 1.08 bits per heavy atom. The number of hydrogen-bond donors (Lipinski definition) is 2. The minimum absolute atomic E-state index is 0.391. The number of rotatable bonds is 6. The molecule has 0 saturated heterocycles. The summed E-state index contributed by atoms with van der Waals surface area (Å²) < 4.78 is 0. The normalized spacial score (nSPS) is 15.3. The van der Waals surface area contributed by atoms with E-state index in [0.717, 1.165) is 36.9 Å². The monoisotopic (exact) mass is 334 g/mol. The molecular formula is C22H26N2O. The molecule has 1 aliphatic carbocycles. The maximum Gasteiger partial charge on any atom is 0.248 e. The third-order valence-electron chi connectivity index (χ3n) is 4.95. The highest BCUT2D eigenvalue weighted by molar-refractivity contribution is 5.94. The summed E-state index contributed by atoms with van der Waals surface area (Å²) in [5.41, 5.74) is 10.8. The van der Waals surface area contributed by atoms with Gasteiger partial charge in [-0.2, -0.15) is 0 Å². The van der Waals surface area contributed by atoms with Crippen molar-refractivity contribution in [2.45, 2.75) is 38.1 Å². The summed E-state index contributed by atoms with van der Waals surface area (Å²) in [6, 6.07) is 16.6. The molecule has 130 valence electrons. The van der Waals surface area contributed by atoms with Gasteiger partial charge in [0.1, 0.15) is 0 Å². The number of amides is 1. The zero-order valence-electron chi connectivity index (χ0n) is 14.6. The average Bonchev–Trinajstić information content (AvgIpc) is 2.64. The van der Waals surface area contributed by atoms with Crippen LogP contribution >= 0.6 is 0 Å². The van der Waals surface area contributed by atoms with Crippen LogP contribution in [0.25, 0.3) is 11.1 Å². The Morgan fingerprint density at radius 2 is 1.76 bits per heavy atom. The molecule has 0 bridgehead atoms. The number of allylic oxidation sites excluding steroid dienone is 1. The van der Waals surface area contributed by atoms with Gasteiger partial charge in [-0.3, -0.25) is 4.79 Å². The van der Waals surface area contributed by atoms with Crippen LogP contribution < -0.4 is 11.1 Å². The smallest absolute Gasteiger partial charge is 0.248 e. The molecule has 0 heterocycles. The summed E-state index contributed by atoms with van der Waals surface area (Å²) in [6.45, 7) is 5.06. The summed E-state index contributed by atoms with van der Waals surface area (Å²) in [5.74, 6) is -0.391. The van der Waals surface area contributed by atoms with Crippen LogP contribution in [0.2, 0.25) is 0 Å². The van der Waals surface area contributed by atoms with Crippen molar-refractivity contribution in [1.82, 2.24) is 5.32 Å². The molecule has 1 saturated carbocycles. The van der Waals surface area contributed by atoms with Gasteiger partial charge in [0, 0.05) is 11.6 Å². The molecule has 0 radical (unpaired) electrons. The SMILES string of the molecule is C=C1CCC(NCCc2cccc(-c3cccc(C(N)=O)c3)c2)CC1. The molecule has 0 atom stereocenters. The lowest BCUT2D eigenvalue weighted by atomic mass is 9.92. The minimum Gasteiger partial charge on any atom is -0.366 e. The number of carbonyl (C=O) groups is 1. The molecule has 1 amide bonds. The van der Waals surface area contributed by atoms with Gasteiger partial charge in [-0.1, -0.05) is 48.6 Å². The van der Waals surface area contributed by atoms with Gasteiger partial charge < -0.3 is 11.1 Å². The van der Waals surface area contributed by atoms with Crippen molar-refractivity contribution in [3.05, 3.63) is 71.8 Å². The first-order chi connectivity index (χ1) is 12.1. The molecule has 3 heteroatoms. The Balaban J connectivity index is 1.61. The predicted molar refractivity (Wildman–Crippen MR) is 103 cm³/mol. The first kappa shape index (κ1) is 17.4. The van der Waals surface area contributed by atoms with E-state index in [2.05, 4.69) is 36.2 Å². The van der Waals surface area contributed by atoms with E-state index in [-0.39, 0.29) is 0 Å². The molecular weight excluding hydrogens is 308 g/mol. The number of carbonyl (C=O) groups excluding carboxylic acids is 1. The molecule has 0 spiro atoms. The number of nitrogens with two attached hydrogens (primary N) is 1. The lowest BCUT2D eigenvalue weighted by Crippen LogP contribution is -2.32. The molecule has 25 heavy (non-hydrogen) atoms. The van der Waals surface area contributed by atoms with E-state index in [1.807, 2.05) is 18.2 Å². The molecule has 3 N–H and O–H groups in total. The maximum absolute atomic E-state index is 11.4. The van der Waals surface area contributed by atoms with Crippen LogP contribution in [0.5, 0.6) is 0 Å². The Hall–Kier alpha value is -2.39. The van der Waals surface area contributed by atoms with Gasteiger partial charge in [0.05, 0.1) is 0 Å². The Labute approximate surface area is 149 Å². The van der Waals surface area contributed by atoms with Crippen molar-refractivity contribution in [3.8, 4) is 11.1 Å². The van der Waals surface area contributed by atoms with Gasteiger partial charge in [0.15, 0.2) is 0 Å². The largest absolute Gasteiger partial charge is 0.366 e. The highest BCUT2D eigenvalue weighted by Gasteiger charge is 2.14. The molecule has 2 aromatic carbocycles. The zero-order valence-corrected chi connectivity index (χ0v) is 14.6. The minimum atomic E-state index is -0.391. The van der Waals surface area contributed by atoms with E-state index in [1.165, 1.54) is 24.0 Å². The molecule has 0 unspecified atom stereocenters. The first-order valence-electron chi connectivity index (χ1n) is 9.01. The highest BCUT2D eigenvalue weighted by Crippen LogP contribution is 2.23. The third-order valence-corrected chi connectivity index (χ3v) is 4.95. The van der Waals surface area contributed by atoms with Gasteiger partial charge in [-0.15, -0.1) is 0 Å². The van der Waals surface area contributed by atoms with Gasteiger partial charge in [0.2, 0.25) is 5.91 Å². The van der Waals surface area contributed by atoms with Crippen LogP contribution in [-0.4, -0.2) is 18.5 Å². The van der Waals surface area contributed by atoms with E-state index in [4.69, 9.17) is 5.73 Å². The lowest BCUT2D eigenvalue weighted by molar-refractivity contribution is 0.100. The topological polar surface area (TPSA) is 55.1 Å². The first-order valence-corrected chi connectivity index (χ1v) is 9.01. The molecule has 0 aliphatic heterocycles. The Bertz CT molecular complexity index is 756. The Kier molecular flexibility index (Phi) is 5.67. The summed E-state index contributed by atoms with van der Waals surface area (Å²) >= 11 is 0. The molecule has 3 rings (SSSR count). The van der Waals surface area contributed by atoms with Crippen molar-refractivity contribution in [2.24, 2.45) is 5.73 Å². The van der Waals surface area contributed by atoms with Gasteiger partial charge in [0.25, 0.3) is 0 Å². The number of primary amides is 1. The van der Waals surface area contributed by atoms with Crippen LogP contribution in [0.15, 0.2) is 60.7 Å². The van der Waals surface area contributed by atoms with Crippen LogP contribution in [0.4, 0.5) is 0 Å². The van der Waals surface area contributed by atoms with Gasteiger partial charge >= 0.3 is 0 Å². The number of nitrogens with one attached hydrogen (secondary N) is 1. The summed E-state index contributed by atoms with van der Waals surface area (Å²) in [4.78, 5) is 11.4. The fourth-order valence-corrected chi connectivity index (χ4v) is 3.41. The second-order valence-corrected chi connectivity index (χ2v) is 6.87. The van der Waals surface area contributed by atoms with Crippen molar-refractivity contribution in [2.75, 3.05) is 6.54 Å². The van der Waals surface area contributed by atoms with Crippen molar-refractivity contribution < 1.29 is 4.79 Å². The van der Waals surface area contributed by atoms with Crippen molar-refractivity contribution >= 4 is 5.91 Å². The van der Waals surface area contributed by atoms with Gasteiger partial charge in [-0.05, 0) is 67.5 Å². The van der Waals surface area contributed by atoms with E-state index in [9.17, 15) is 4.79 Å². The number of benzene rings is 2. The van der Waals surface area contributed by atoms with Crippen LogP contribution in [0, 0.1) is 0 Å². The maximum atomic E-state index is 11.4. The van der Waals surface area contributed by atoms with Crippen molar-refractivity contribution in [3.63, 3.8) is 0 Å². The van der Waals surface area contributed by atoms with E-state index < -0.39 is 5.91 Å². The van der Waals surface area contributed by atoms with Crippen LogP contribution in [0.3, 0.4) is 0 Å². The second kappa shape index (κ2) is 8.13. The highest BCUT2D eigenvalue weighted by atomic mass is 16.1. The summed E-state index contributed by atoms with van der Waals surface area (Å²) in [7, 11) is 0. The number of hydrogen-bond acceptors (Lipinski definition) is 2. The van der Waals surface area contributed by atoms with Crippen molar-refractivity contribution in [1.29, 1.82) is 0 Å². The van der Waals surface area contributed by atoms with E-state index in [0.29, 0.717) is 11.6 Å². The molecule has 0 aromatic heterocycles. The van der Waals surface area contributed by atoms with Crippen LogP contribution in [-0.2, 0) is 6.42 Å². The van der Waals surface area contributed by atoms with Crippen LogP contribution in [0.1, 0.15) is 41.6 Å². The second-order valence-electron chi connectivity index (χ2n) is 6.87. The van der Waals surface area contributed by atoms with E-state index in [1.54, 1.807) is 6.07 Å².